The number of carboxylic acids is 1. The molecule has 1 heterocycles. The van der Waals surface area contributed by atoms with Crippen LogP contribution < -0.4 is 4.90 Å². The zero-order valence-electron chi connectivity index (χ0n) is 9.09. The van der Waals surface area contributed by atoms with Gasteiger partial charge < -0.3 is 10.0 Å². The predicted octanol–water partition coefficient (Wildman–Crippen LogP) is 1.11. The fourth-order valence-corrected chi connectivity index (χ4v) is 1.94. The van der Waals surface area contributed by atoms with Crippen LogP contribution in [0.5, 0.6) is 0 Å². The molecule has 0 aliphatic carbocycles. The first kappa shape index (κ1) is 11.2. The molecule has 1 N–H and O–H groups in total. The highest BCUT2D eigenvalue weighted by Crippen LogP contribution is 2.27. The Balaban J connectivity index is 2.33. The highest BCUT2D eigenvalue weighted by molar-refractivity contribution is 6.00. The van der Waals surface area contributed by atoms with E-state index in [1.165, 1.54) is 4.90 Å². The van der Waals surface area contributed by atoms with Crippen molar-refractivity contribution in [1.29, 1.82) is 0 Å². The number of anilines is 1. The Kier molecular flexibility index (Phi) is 2.84. The summed E-state index contributed by atoms with van der Waals surface area (Å²) in [7, 11) is 0. The lowest BCUT2D eigenvalue weighted by molar-refractivity contribution is -0.141. The molecule has 0 aromatic heterocycles. The third-order valence-corrected chi connectivity index (χ3v) is 2.82. The quantitative estimate of drug-likeness (QED) is 0.773. The smallest absolute Gasteiger partial charge is 0.308 e. The van der Waals surface area contributed by atoms with Crippen LogP contribution in [-0.4, -0.2) is 23.5 Å². The number of carbonyl (C=O) groups is 2. The van der Waals surface area contributed by atoms with Gasteiger partial charge in [-0.05, 0) is 12.1 Å². The van der Waals surface area contributed by atoms with Crippen molar-refractivity contribution < 1.29 is 14.7 Å². The fourth-order valence-electron chi connectivity index (χ4n) is 1.94. The molecule has 1 unspecified atom stereocenters. The van der Waals surface area contributed by atoms with Crippen molar-refractivity contribution >= 4 is 17.6 Å². The summed E-state index contributed by atoms with van der Waals surface area (Å²) in [6, 6.07) is 7.03. The number of carbonyl (C=O) groups excluding carboxylic acids is 1. The molecule has 1 fully saturated rings. The number of para-hydroxylation sites is 1. The summed E-state index contributed by atoms with van der Waals surface area (Å²) in [5, 5.41) is 8.90. The molecule has 4 heteroatoms. The summed E-state index contributed by atoms with van der Waals surface area (Å²) in [5.74, 6) is 0.711. The van der Waals surface area contributed by atoms with Crippen molar-refractivity contribution in [3.63, 3.8) is 0 Å². The maximum Gasteiger partial charge on any atom is 0.308 e. The molecule has 86 valence electrons. The van der Waals surface area contributed by atoms with Gasteiger partial charge in [0.1, 0.15) is 0 Å². The van der Waals surface area contributed by atoms with Gasteiger partial charge in [-0.25, -0.2) is 0 Å². The minimum absolute atomic E-state index is 0.0360. The molecule has 0 bridgehead atoms. The van der Waals surface area contributed by atoms with E-state index in [4.69, 9.17) is 11.5 Å². The van der Waals surface area contributed by atoms with Crippen molar-refractivity contribution in [1.82, 2.24) is 0 Å². The molecule has 0 radical (unpaired) electrons. The van der Waals surface area contributed by atoms with Gasteiger partial charge in [0.05, 0.1) is 11.6 Å². The van der Waals surface area contributed by atoms with Crippen molar-refractivity contribution in [3.8, 4) is 12.3 Å². The van der Waals surface area contributed by atoms with Gasteiger partial charge in [-0.1, -0.05) is 18.1 Å². The van der Waals surface area contributed by atoms with Gasteiger partial charge in [0.25, 0.3) is 0 Å². The van der Waals surface area contributed by atoms with Crippen LogP contribution in [0.3, 0.4) is 0 Å². The molecule has 17 heavy (non-hydrogen) atoms. The number of aliphatic carboxylic acids is 1. The molecule has 4 nitrogen and oxygen atoms in total. The Labute approximate surface area is 98.9 Å². The first-order valence-electron chi connectivity index (χ1n) is 5.22. The van der Waals surface area contributed by atoms with Crippen molar-refractivity contribution in [2.75, 3.05) is 11.4 Å². The second-order valence-electron chi connectivity index (χ2n) is 3.91. The van der Waals surface area contributed by atoms with E-state index in [0.717, 1.165) is 0 Å². The highest BCUT2D eigenvalue weighted by Gasteiger charge is 2.35. The summed E-state index contributed by atoms with van der Waals surface area (Å²) >= 11 is 0. The average molecular weight is 229 g/mol. The minimum Gasteiger partial charge on any atom is -0.481 e. The van der Waals surface area contributed by atoms with Gasteiger partial charge in [-0.15, -0.1) is 6.42 Å². The summed E-state index contributed by atoms with van der Waals surface area (Å²) in [6.07, 6.45) is 5.39. The van der Waals surface area contributed by atoms with Gasteiger partial charge in [0.2, 0.25) is 5.91 Å². The van der Waals surface area contributed by atoms with E-state index in [1.807, 2.05) is 0 Å². The maximum atomic E-state index is 11.8. The van der Waals surface area contributed by atoms with Crippen LogP contribution >= 0.6 is 0 Å². The van der Waals surface area contributed by atoms with Gasteiger partial charge in [-0.2, -0.15) is 0 Å². The number of nitrogens with zero attached hydrogens (tertiary/aromatic N) is 1. The van der Waals surface area contributed by atoms with E-state index < -0.39 is 11.9 Å². The van der Waals surface area contributed by atoms with E-state index in [9.17, 15) is 9.59 Å². The Morgan fingerprint density at radius 1 is 1.47 bits per heavy atom. The van der Waals surface area contributed by atoms with Gasteiger partial charge >= 0.3 is 5.97 Å². The zero-order valence-corrected chi connectivity index (χ0v) is 9.09. The average Bonchev–Trinajstić information content (AvgIpc) is 2.71. The Morgan fingerprint density at radius 3 is 2.76 bits per heavy atom. The number of rotatable bonds is 2. The van der Waals surface area contributed by atoms with E-state index in [0.29, 0.717) is 11.3 Å². The van der Waals surface area contributed by atoms with Crippen LogP contribution in [0.25, 0.3) is 0 Å². The third-order valence-electron chi connectivity index (χ3n) is 2.82. The number of amides is 1. The van der Waals surface area contributed by atoms with Crippen LogP contribution in [-0.2, 0) is 9.59 Å². The predicted molar refractivity (Wildman–Crippen MR) is 62.5 cm³/mol. The number of carboxylic acid groups (broad SMARTS) is 1. The summed E-state index contributed by atoms with van der Waals surface area (Å²) < 4.78 is 0. The van der Waals surface area contributed by atoms with Crippen LogP contribution in [0.15, 0.2) is 24.3 Å². The fraction of sp³-hybridized carbons (Fsp3) is 0.231. The van der Waals surface area contributed by atoms with Crippen molar-refractivity contribution in [3.05, 3.63) is 29.8 Å². The molecule has 1 aliphatic heterocycles. The van der Waals surface area contributed by atoms with Crippen molar-refractivity contribution in [2.45, 2.75) is 6.42 Å². The SMILES string of the molecule is C#Cc1ccccc1N1CC(C(=O)O)CC1=O. The summed E-state index contributed by atoms with van der Waals surface area (Å²) in [5.41, 5.74) is 1.22. The molecule has 1 aromatic rings. The first-order valence-corrected chi connectivity index (χ1v) is 5.22. The van der Waals surface area contributed by atoms with Gasteiger partial charge in [0.15, 0.2) is 0 Å². The number of hydrogen-bond donors (Lipinski definition) is 1. The Hall–Kier alpha value is -2.28. The first-order chi connectivity index (χ1) is 8.13. The normalized spacial score (nSPS) is 19.1. The highest BCUT2D eigenvalue weighted by atomic mass is 16.4. The van der Waals surface area contributed by atoms with E-state index in [1.54, 1.807) is 24.3 Å². The minimum atomic E-state index is -0.945. The van der Waals surface area contributed by atoms with E-state index in [2.05, 4.69) is 5.92 Å². The molecule has 2 rings (SSSR count). The topological polar surface area (TPSA) is 57.6 Å². The largest absolute Gasteiger partial charge is 0.481 e. The number of hydrogen-bond acceptors (Lipinski definition) is 2. The Morgan fingerprint density at radius 2 is 2.18 bits per heavy atom. The van der Waals surface area contributed by atoms with Crippen molar-refractivity contribution in [2.24, 2.45) is 5.92 Å². The molecule has 1 aromatic carbocycles. The lowest BCUT2D eigenvalue weighted by Gasteiger charge is -2.17. The molecular weight excluding hydrogens is 218 g/mol. The van der Waals surface area contributed by atoms with Crippen LogP contribution in [0.1, 0.15) is 12.0 Å². The van der Waals surface area contributed by atoms with Gasteiger partial charge in [0, 0.05) is 18.5 Å². The Bertz CT molecular complexity index is 516. The molecule has 1 saturated heterocycles. The maximum absolute atomic E-state index is 11.8. The van der Waals surface area contributed by atoms with Crippen LogP contribution in [0.4, 0.5) is 5.69 Å². The summed E-state index contributed by atoms with van der Waals surface area (Å²) in [6.45, 7) is 0.187. The summed E-state index contributed by atoms with van der Waals surface area (Å²) in [4.78, 5) is 24.1. The standard InChI is InChI=1S/C13H11NO3/c1-2-9-5-3-4-6-11(9)14-8-10(13(16)17)7-12(14)15/h1,3-6,10H,7-8H2,(H,16,17). The number of terminal acetylenes is 1. The van der Waals surface area contributed by atoms with E-state index in [-0.39, 0.29) is 18.9 Å². The second-order valence-corrected chi connectivity index (χ2v) is 3.91. The van der Waals surface area contributed by atoms with E-state index >= 15 is 0 Å². The molecule has 0 spiro atoms. The number of benzene rings is 1. The molecular formula is C13H11NO3. The lowest BCUT2D eigenvalue weighted by atomic mass is 10.1. The molecule has 0 saturated carbocycles. The second kappa shape index (κ2) is 4.30. The molecule has 1 atom stereocenters. The lowest BCUT2D eigenvalue weighted by Crippen LogP contribution is -2.26. The zero-order chi connectivity index (χ0) is 12.4. The monoisotopic (exact) mass is 229 g/mol. The van der Waals surface area contributed by atoms with Crippen LogP contribution in [0.2, 0.25) is 0 Å². The third kappa shape index (κ3) is 2.00. The molecule has 1 amide bonds. The van der Waals surface area contributed by atoms with Gasteiger partial charge in [-0.3, -0.25) is 9.59 Å². The molecule has 1 aliphatic rings. The van der Waals surface area contributed by atoms with Crippen LogP contribution in [0, 0.1) is 18.3 Å².